The molecule has 1 atom stereocenters. The van der Waals surface area contributed by atoms with Gasteiger partial charge in [0, 0.05) is 23.2 Å². The van der Waals surface area contributed by atoms with Gasteiger partial charge in [-0.3, -0.25) is 4.68 Å². The molecule has 2 heterocycles. The van der Waals surface area contributed by atoms with E-state index in [1.54, 1.807) is 0 Å². The van der Waals surface area contributed by atoms with E-state index in [9.17, 15) is 0 Å². The minimum atomic E-state index is -0.280. The molecule has 2 aromatic heterocycles. The van der Waals surface area contributed by atoms with Crippen LogP contribution in [0.2, 0.25) is 0 Å². The Balaban J connectivity index is 2.08. The third-order valence-electron chi connectivity index (χ3n) is 4.05. The SMILES string of the molecule is CCn1nc(C)c(C(N)c2cc3cc(C)ccc3o2)c1C. The predicted octanol–water partition coefficient (Wildman–Crippen LogP) is 3.62. The summed E-state index contributed by atoms with van der Waals surface area (Å²) in [5.74, 6) is 0.789. The molecule has 0 fully saturated rings. The van der Waals surface area contributed by atoms with Crippen molar-refractivity contribution < 1.29 is 4.42 Å². The molecule has 1 aromatic carbocycles. The second-order valence-electron chi connectivity index (χ2n) is 5.57. The Kier molecular flexibility index (Phi) is 3.33. The summed E-state index contributed by atoms with van der Waals surface area (Å²) in [5, 5.41) is 5.63. The number of nitrogens with zero attached hydrogens (tertiary/aromatic N) is 2. The van der Waals surface area contributed by atoms with Crippen molar-refractivity contribution >= 4 is 11.0 Å². The van der Waals surface area contributed by atoms with Crippen LogP contribution in [0.5, 0.6) is 0 Å². The largest absolute Gasteiger partial charge is 0.459 e. The van der Waals surface area contributed by atoms with Crippen LogP contribution >= 0.6 is 0 Å². The number of aryl methyl sites for hydroxylation is 3. The monoisotopic (exact) mass is 283 g/mol. The average molecular weight is 283 g/mol. The van der Waals surface area contributed by atoms with Gasteiger partial charge in [-0.15, -0.1) is 0 Å². The van der Waals surface area contributed by atoms with Crippen LogP contribution in [-0.2, 0) is 6.54 Å². The molecule has 2 N–H and O–H groups in total. The minimum Gasteiger partial charge on any atom is -0.459 e. The highest BCUT2D eigenvalue weighted by atomic mass is 16.3. The van der Waals surface area contributed by atoms with Crippen molar-refractivity contribution in [1.82, 2.24) is 9.78 Å². The number of nitrogens with two attached hydrogens (primary N) is 1. The number of aromatic nitrogens is 2. The lowest BCUT2D eigenvalue weighted by Gasteiger charge is -2.09. The van der Waals surface area contributed by atoms with E-state index >= 15 is 0 Å². The summed E-state index contributed by atoms with van der Waals surface area (Å²) in [6.07, 6.45) is 0. The molecule has 1 unspecified atom stereocenters. The summed E-state index contributed by atoms with van der Waals surface area (Å²) in [5.41, 5.74) is 11.7. The number of hydrogen-bond acceptors (Lipinski definition) is 3. The van der Waals surface area contributed by atoms with E-state index in [4.69, 9.17) is 10.2 Å². The standard InChI is InChI=1S/C17H21N3O/c1-5-20-12(4)16(11(3)19-20)17(18)15-9-13-8-10(2)6-7-14(13)21-15/h6-9,17H,5,18H2,1-4H3. The van der Waals surface area contributed by atoms with E-state index in [0.29, 0.717) is 0 Å². The molecule has 3 rings (SSSR count). The molecule has 4 heteroatoms. The van der Waals surface area contributed by atoms with Crippen LogP contribution in [-0.4, -0.2) is 9.78 Å². The first kappa shape index (κ1) is 13.9. The molecule has 0 aliphatic heterocycles. The molecule has 0 aliphatic carbocycles. The van der Waals surface area contributed by atoms with Crippen LogP contribution in [0.25, 0.3) is 11.0 Å². The molecule has 0 spiro atoms. The molecule has 0 radical (unpaired) electrons. The van der Waals surface area contributed by atoms with Gasteiger partial charge >= 0.3 is 0 Å². The Bertz CT molecular complexity index is 798. The van der Waals surface area contributed by atoms with Gasteiger partial charge in [-0.1, -0.05) is 11.6 Å². The Hall–Kier alpha value is -2.07. The fourth-order valence-electron chi connectivity index (χ4n) is 2.95. The Morgan fingerprint density at radius 1 is 1.24 bits per heavy atom. The van der Waals surface area contributed by atoms with Crippen molar-refractivity contribution in [3.05, 3.63) is 52.5 Å². The first-order chi connectivity index (χ1) is 10.0. The highest BCUT2D eigenvalue weighted by Crippen LogP contribution is 2.30. The molecule has 0 saturated heterocycles. The molecule has 0 amide bonds. The zero-order valence-corrected chi connectivity index (χ0v) is 13.0. The summed E-state index contributed by atoms with van der Waals surface area (Å²) in [7, 11) is 0. The average Bonchev–Trinajstić information content (AvgIpc) is 2.98. The fourth-order valence-corrected chi connectivity index (χ4v) is 2.95. The lowest BCUT2D eigenvalue weighted by Crippen LogP contribution is -2.13. The van der Waals surface area contributed by atoms with Crippen LogP contribution in [0.1, 0.15) is 41.2 Å². The Morgan fingerprint density at radius 2 is 2.00 bits per heavy atom. The van der Waals surface area contributed by atoms with Gasteiger partial charge in [0.1, 0.15) is 11.3 Å². The van der Waals surface area contributed by atoms with Crippen molar-refractivity contribution in [3.8, 4) is 0 Å². The van der Waals surface area contributed by atoms with E-state index in [0.717, 1.165) is 40.2 Å². The molecule has 21 heavy (non-hydrogen) atoms. The van der Waals surface area contributed by atoms with E-state index in [1.807, 2.05) is 29.8 Å². The third-order valence-corrected chi connectivity index (χ3v) is 4.05. The van der Waals surface area contributed by atoms with Gasteiger partial charge in [-0.2, -0.15) is 5.10 Å². The van der Waals surface area contributed by atoms with E-state index in [2.05, 4.69) is 31.9 Å². The van der Waals surface area contributed by atoms with Crippen molar-refractivity contribution in [2.75, 3.05) is 0 Å². The normalized spacial score (nSPS) is 13.0. The summed E-state index contributed by atoms with van der Waals surface area (Å²) in [6.45, 7) is 9.07. The van der Waals surface area contributed by atoms with E-state index in [-0.39, 0.29) is 6.04 Å². The van der Waals surface area contributed by atoms with Crippen molar-refractivity contribution in [3.63, 3.8) is 0 Å². The maximum Gasteiger partial charge on any atom is 0.134 e. The smallest absolute Gasteiger partial charge is 0.134 e. The molecule has 110 valence electrons. The number of rotatable bonds is 3. The number of benzene rings is 1. The van der Waals surface area contributed by atoms with Crippen molar-refractivity contribution in [2.45, 2.75) is 40.3 Å². The molecule has 0 saturated carbocycles. The van der Waals surface area contributed by atoms with Gasteiger partial charge in [0.15, 0.2) is 0 Å². The molecule has 3 aromatic rings. The van der Waals surface area contributed by atoms with Gasteiger partial charge in [0.25, 0.3) is 0 Å². The van der Waals surface area contributed by atoms with Crippen LogP contribution in [0, 0.1) is 20.8 Å². The summed E-state index contributed by atoms with van der Waals surface area (Å²) in [4.78, 5) is 0. The highest BCUT2D eigenvalue weighted by Gasteiger charge is 2.22. The molecule has 0 bridgehead atoms. The molecular formula is C17H21N3O. The molecular weight excluding hydrogens is 262 g/mol. The number of furan rings is 1. The van der Waals surface area contributed by atoms with E-state index < -0.39 is 0 Å². The fraction of sp³-hybridized carbons (Fsp3) is 0.353. The molecule has 4 nitrogen and oxygen atoms in total. The number of hydrogen-bond donors (Lipinski definition) is 1. The maximum atomic E-state index is 6.44. The highest BCUT2D eigenvalue weighted by molar-refractivity contribution is 5.79. The van der Waals surface area contributed by atoms with Gasteiger partial charge < -0.3 is 10.2 Å². The first-order valence-electron chi connectivity index (χ1n) is 7.30. The Morgan fingerprint density at radius 3 is 2.67 bits per heavy atom. The van der Waals surface area contributed by atoms with Crippen LogP contribution < -0.4 is 5.73 Å². The zero-order chi connectivity index (χ0) is 15.1. The summed E-state index contributed by atoms with van der Waals surface area (Å²) < 4.78 is 7.91. The summed E-state index contributed by atoms with van der Waals surface area (Å²) >= 11 is 0. The summed E-state index contributed by atoms with van der Waals surface area (Å²) in [6, 6.07) is 7.92. The van der Waals surface area contributed by atoms with Crippen LogP contribution in [0.4, 0.5) is 0 Å². The van der Waals surface area contributed by atoms with Crippen LogP contribution in [0.3, 0.4) is 0 Å². The van der Waals surface area contributed by atoms with Crippen molar-refractivity contribution in [1.29, 1.82) is 0 Å². The van der Waals surface area contributed by atoms with Crippen LogP contribution in [0.15, 0.2) is 28.7 Å². The molecule has 0 aliphatic rings. The quantitative estimate of drug-likeness (QED) is 0.798. The number of fused-ring (bicyclic) bond motifs is 1. The minimum absolute atomic E-state index is 0.280. The van der Waals surface area contributed by atoms with Gasteiger partial charge in [0.05, 0.1) is 11.7 Å². The third kappa shape index (κ3) is 2.25. The zero-order valence-electron chi connectivity index (χ0n) is 13.0. The second kappa shape index (κ2) is 5.04. The second-order valence-corrected chi connectivity index (χ2v) is 5.57. The lowest BCUT2D eigenvalue weighted by molar-refractivity contribution is 0.523. The maximum absolute atomic E-state index is 6.44. The van der Waals surface area contributed by atoms with Gasteiger partial charge in [-0.25, -0.2) is 0 Å². The Labute approximate surface area is 124 Å². The topological polar surface area (TPSA) is 57.0 Å². The van der Waals surface area contributed by atoms with Crippen molar-refractivity contribution in [2.24, 2.45) is 5.73 Å². The van der Waals surface area contributed by atoms with Gasteiger partial charge in [0.2, 0.25) is 0 Å². The first-order valence-corrected chi connectivity index (χ1v) is 7.30. The van der Waals surface area contributed by atoms with E-state index in [1.165, 1.54) is 5.56 Å². The lowest BCUT2D eigenvalue weighted by atomic mass is 10.0. The predicted molar refractivity (Wildman–Crippen MR) is 84.4 cm³/mol. The van der Waals surface area contributed by atoms with Gasteiger partial charge in [-0.05, 0) is 45.9 Å².